The minimum Gasteiger partial charge on any atom is -0.330 e. The second-order valence-corrected chi connectivity index (χ2v) is 13.0. The van der Waals surface area contributed by atoms with Crippen molar-refractivity contribution in [2.45, 2.75) is 31.2 Å². The van der Waals surface area contributed by atoms with E-state index in [2.05, 4.69) is 11.1 Å². The lowest BCUT2D eigenvalue weighted by atomic mass is 9.93. The Labute approximate surface area is 226 Å². The molecular weight excluding hydrogens is 526 g/mol. The lowest BCUT2D eigenvalue weighted by Crippen LogP contribution is -2.47. The van der Waals surface area contributed by atoms with E-state index in [1.165, 1.54) is 9.18 Å². The summed E-state index contributed by atoms with van der Waals surface area (Å²) in [7, 11) is -3.99. The summed E-state index contributed by atoms with van der Waals surface area (Å²) in [5.41, 5.74) is 2.45. The maximum Gasteiger partial charge on any atom is 0.245 e. The minimum absolute atomic E-state index is 0.0300. The number of carbonyl (C=O) groups excluding carboxylic acids is 1. The van der Waals surface area contributed by atoms with Crippen molar-refractivity contribution in [1.29, 1.82) is 0 Å². The molecule has 0 spiro atoms. The fraction of sp³-hybridized carbons (Fsp3) is 0.286. The summed E-state index contributed by atoms with van der Waals surface area (Å²) in [5, 5.41) is 3.41. The van der Waals surface area contributed by atoms with Crippen LogP contribution in [0, 0.1) is 5.92 Å². The molecule has 1 atom stereocenters. The van der Waals surface area contributed by atoms with Crippen LogP contribution in [0.2, 0.25) is 5.02 Å². The van der Waals surface area contributed by atoms with Crippen LogP contribution in [0.15, 0.2) is 77.1 Å². The molecular formula is C28H28ClN3O3S2. The van der Waals surface area contributed by atoms with Gasteiger partial charge in [0.2, 0.25) is 15.9 Å². The fourth-order valence-electron chi connectivity index (χ4n) is 4.91. The van der Waals surface area contributed by atoms with Crippen molar-refractivity contribution in [1.82, 2.24) is 14.2 Å². The zero-order valence-electron chi connectivity index (χ0n) is 20.7. The van der Waals surface area contributed by atoms with Crippen molar-refractivity contribution in [2.75, 3.05) is 19.6 Å². The first-order valence-electron chi connectivity index (χ1n) is 12.2. The first-order valence-corrected chi connectivity index (χ1v) is 14.9. The molecule has 1 unspecified atom stereocenters. The average molecular weight is 554 g/mol. The Morgan fingerprint density at radius 3 is 2.65 bits per heavy atom. The molecule has 1 aliphatic heterocycles. The third-order valence-electron chi connectivity index (χ3n) is 6.57. The monoisotopic (exact) mass is 553 g/mol. The number of carbonyl (C=O) groups is 1. The number of para-hydroxylation sites is 1. The summed E-state index contributed by atoms with van der Waals surface area (Å²) < 4.78 is 29.2. The number of hydrogen-bond acceptors (Lipinski definition) is 5. The van der Waals surface area contributed by atoms with Gasteiger partial charge in [-0.25, -0.2) is 8.42 Å². The molecule has 0 radical (unpaired) electrons. The molecule has 5 rings (SSSR count). The fourth-order valence-corrected chi connectivity index (χ4v) is 7.66. The van der Waals surface area contributed by atoms with E-state index >= 15 is 0 Å². The van der Waals surface area contributed by atoms with Crippen LogP contribution in [-0.4, -0.2) is 48.1 Å². The van der Waals surface area contributed by atoms with Gasteiger partial charge in [0.25, 0.3) is 0 Å². The summed E-state index contributed by atoms with van der Waals surface area (Å²) in [5.74, 6) is -0.198. The lowest BCUT2D eigenvalue weighted by Gasteiger charge is -2.37. The summed E-state index contributed by atoms with van der Waals surface area (Å²) >= 11 is 7.83. The molecule has 0 fully saturated rings. The predicted molar refractivity (Wildman–Crippen MR) is 148 cm³/mol. The molecule has 3 heterocycles. The summed E-state index contributed by atoms with van der Waals surface area (Å²) in [6.07, 6.45) is 2.33. The Kier molecular flexibility index (Phi) is 7.36. The van der Waals surface area contributed by atoms with Crippen LogP contribution in [-0.2, 0) is 21.2 Å². The van der Waals surface area contributed by atoms with Gasteiger partial charge in [0.05, 0.1) is 18.1 Å². The Balaban J connectivity index is 1.51. The molecule has 0 saturated carbocycles. The molecule has 1 amide bonds. The normalized spacial score (nSPS) is 15.9. The van der Waals surface area contributed by atoms with Crippen molar-refractivity contribution >= 4 is 49.8 Å². The van der Waals surface area contributed by atoms with Crippen molar-refractivity contribution in [3.05, 3.63) is 93.3 Å². The van der Waals surface area contributed by atoms with Crippen LogP contribution in [0.3, 0.4) is 0 Å². The van der Waals surface area contributed by atoms with Crippen LogP contribution in [0.5, 0.6) is 0 Å². The highest BCUT2D eigenvalue weighted by Crippen LogP contribution is 2.38. The van der Waals surface area contributed by atoms with Gasteiger partial charge in [-0.05, 0) is 59.2 Å². The van der Waals surface area contributed by atoms with Gasteiger partial charge in [-0.2, -0.15) is 4.31 Å². The molecule has 2 aromatic heterocycles. The molecule has 6 nitrogen and oxygen atoms in total. The standard InChI is InChI=1S/C28H28ClN3O3S2/c1-19(2)17-31(37(34,35)25-7-3-5-20-6-4-14-30-27(20)25)18-26(33)32-15-12-24-23(13-16-36-24)28(32)21-8-10-22(29)11-9-21/h3-11,13-14,16,19,28H,12,15,17-18H2,1-2H3. The number of amides is 1. The molecule has 0 N–H and O–H groups in total. The molecule has 0 aliphatic carbocycles. The van der Waals surface area contributed by atoms with Crippen LogP contribution in [0.1, 0.15) is 35.9 Å². The number of rotatable bonds is 7. The second kappa shape index (κ2) is 10.5. The largest absolute Gasteiger partial charge is 0.330 e. The van der Waals surface area contributed by atoms with Crippen LogP contribution >= 0.6 is 22.9 Å². The smallest absolute Gasteiger partial charge is 0.245 e. The van der Waals surface area contributed by atoms with Crippen molar-refractivity contribution < 1.29 is 13.2 Å². The number of nitrogens with zero attached hydrogens (tertiary/aromatic N) is 3. The van der Waals surface area contributed by atoms with E-state index in [1.807, 2.05) is 60.5 Å². The first kappa shape index (κ1) is 25.9. The number of thiophene rings is 1. The van der Waals surface area contributed by atoms with E-state index in [-0.39, 0.29) is 35.9 Å². The number of pyridine rings is 1. The molecule has 0 saturated heterocycles. The molecule has 37 heavy (non-hydrogen) atoms. The van der Waals surface area contributed by atoms with Gasteiger partial charge < -0.3 is 4.90 Å². The number of aromatic nitrogens is 1. The van der Waals surface area contributed by atoms with Crippen molar-refractivity contribution in [3.8, 4) is 0 Å². The lowest BCUT2D eigenvalue weighted by molar-refractivity contribution is -0.133. The van der Waals surface area contributed by atoms with Gasteiger partial charge in [-0.3, -0.25) is 9.78 Å². The van der Waals surface area contributed by atoms with Crippen molar-refractivity contribution in [2.24, 2.45) is 5.92 Å². The van der Waals surface area contributed by atoms with Crippen LogP contribution in [0.4, 0.5) is 0 Å². The van der Waals surface area contributed by atoms with Crippen LogP contribution < -0.4 is 0 Å². The summed E-state index contributed by atoms with van der Waals surface area (Å²) in [6, 6.07) is 18.0. The number of sulfonamides is 1. The minimum atomic E-state index is -3.99. The van der Waals surface area contributed by atoms with Gasteiger partial charge in [0, 0.05) is 34.6 Å². The highest BCUT2D eigenvalue weighted by atomic mass is 35.5. The quantitative estimate of drug-likeness (QED) is 0.291. The Bertz CT molecular complexity index is 1530. The summed E-state index contributed by atoms with van der Waals surface area (Å²) in [4.78, 5) is 21.4. The Hall–Kier alpha value is -2.78. The number of hydrogen-bond donors (Lipinski definition) is 0. The Morgan fingerprint density at radius 2 is 1.89 bits per heavy atom. The first-order chi connectivity index (χ1) is 17.8. The van der Waals surface area contributed by atoms with E-state index in [1.54, 1.807) is 35.7 Å². The van der Waals surface area contributed by atoms with Gasteiger partial charge >= 0.3 is 0 Å². The average Bonchev–Trinajstić information content (AvgIpc) is 3.36. The molecule has 0 bridgehead atoms. The van der Waals surface area contributed by atoms with Gasteiger partial charge in [0.15, 0.2) is 0 Å². The maximum absolute atomic E-state index is 13.9. The van der Waals surface area contributed by atoms with Gasteiger partial charge in [-0.15, -0.1) is 11.3 Å². The molecule has 1 aliphatic rings. The van der Waals surface area contributed by atoms with Crippen molar-refractivity contribution in [3.63, 3.8) is 0 Å². The topological polar surface area (TPSA) is 70.6 Å². The SMILES string of the molecule is CC(C)CN(CC(=O)N1CCc2sccc2C1c1ccc(Cl)cc1)S(=O)(=O)c1cccc2cccnc12. The molecule has 2 aromatic carbocycles. The van der Waals surface area contributed by atoms with E-state index in [9.17, 15) is 13.2 Å². The molecule has 4 aromatic rings. The molecule has 9 heteroatoms. The van der Waals surface area contributed by atoms with E-state index in [0.717, 1.165) is 22.9 Å². The molecule has 192 valence electrons. The number of halogens is 1. The maximum atomic E-state index is 13.9. The van der Waals surface area contributed by atoms with E-state index < -0.39 is 10.0 Å². The van der Waals surface area contributed by atoms with E-state index in [0.29, 0.717) is 17.1 Å². The second-order valence-electron chi connectivity index (χ2n) is 9.61. The predicted octanol–water partition coefficient (Wildman–Crippen LogP) is 5.77. The third-order valence-corrected chi connectivity index (χ3v) is 9.66. The summed E-state index contributed by atoms with van der Waals surface area (Å²) in [6.45, 7) is 4.39. The van der Waals surface area contributed by atoms with Crippen LogP contribution in [0.25, 0.3) is 10.9 Å². The Morgan fingerprint density at radius 1 is 1.14 bits per heavy atom. The third kappa shape index (κ3) is 5.16. The zero-order chi connectivity index (χ0) is 26.2. The van der Waals surface area contributed by atoms with E-state index in [4.69, 9.17) is 11.6 Å². The van der Waals surface area contributed by atoms with Gasteiger partial charge in [-0.1, -0.05) is 55.8 Å². The zero-order valence-corrected chi connectivity index (χ0v) is 23.1. The van der Waals surface area contributed by atoms with Gasteiger partial charge in [0.1, 0.15) is 4.90 Å². The highest BCUT2D eigenvalue weighted by Gasteiger charge is 2.36. The number of benzene rings is 2. The highest BCUT2D eigenvalue weighted by molar-refractivity contribution is 7.89. The number of fused-ring (bicyclic) bond motifs is 2.